The van der Waals surface area contributed by atoms with Crippen LogP contribution in [0.5, 0.6) is 11.5 Å². The van der Waals surface area contributed by atoms with Crippen LogP contribution in [0.25, 0.3) is 5.69 Å². The van der Waals surface area contributed by atoms with Crippen molar-refractivity contribution in [3.8, 4) is 17.2 Å². The predicted molar refractivity (Wildman–Crippen MR) is 120 cm³/mol. The first-order valence-corrected chi connectivity index (χ1v) is 10.9. The number of fused-ring (bicyclic) bond motifs is 1. The number of aromatic nitrogens is 2. The van der Waals surface area contributed by atoms with E-state index in [1.165, 1.54) is 16.8 Å². The first-order valence-electron chi connectivity index (χ1n) is 10.6. The van der Waals surface area contributed by atoms with E-state index in [4.69, 9.17) is 21.1 Å². The third kappa shape index (κ3) is 4.43. The molecule has 0 spiro atoms. The van der Waals surface area contributed by atoms with Gasteiger partial charge in [0, 0.05) is 6.42 Å². The van der Waals surface area contributed by atoms with E-state index in [9.17, 15) is 9.18 Å². The molecule has 8 heteroatoms. The van der Waals surface area contributed by atoms with Gasteiger partial charge in [0.1, 0.15) is 11.0 Å². The number of carbonyl (C=O) groups excluding carboxylic acids is 1. The van der Waals surface area contributed by atoms with Crippen LogP contribution >= 0.6 is 11.6 Å². The summed E-state index contributed by atoms with van der Waals surface area (Å²) >= 11 is 6.53. The Balaban J connectivity index is 1.62. The highest BCUT2D eigenvalue weighted by Gasteiger charge is 2.26. The summed E-state index contributed by atoms with van der Waals surface area (Å²) in [6.45, 7) is 6.99. The van der Waals surface area contributed by atoms with Gasteiger partial charge in [0.15, 0.2) is 11.5 Å². The second-order valence-electron chi connectivity index (χ2n) is 8.09. The van der Waals surface area contributed by atoms with Crippen LogP contribution in [0.15, 0.2) is 42.5 Å². The zero-order valence-corrected chi connectivity index (χ0v) is 18.9. The molecule has 1 unspecified atom stereocenters. The van der Waals surface area contributed by atoms with Crippen LogP contribution in [0.2, 0.25) is 5.15 Å². The van der Waals surface area contributed by atoms with E-state index < -0.39 is 0 Å². The number of halogens is 2. The lowest BCUT2D eigenvalue weighted by atomic mass is 9.95. The molecule has 168 valence electrons. The van der Waals surface area contributed by atoms with Crippen molar-refractivity contribution >= 4 is 17.5 Å². The number of nitrogens with zero attached hydrogens (tertiary/aromatic N) is 2. The summed E-state index contributed by atoms with van der Waals surface area (Å²) in [4.78, 5) is 13.3. The van der Waals surface area contributed by atoms with Crippen molar-refractivity contribution in [2.75, 3.05) is 13.2 Å². The minimum absolute atomic E-state index is 0.106. The fourth-order valence-corrected chi connectivity index (χ4v) is 4.09. The number of carbonyl (C=O) groups is 1. The molecule has 32 heavy (non-hydrogen) atoms. The zero-order chi connectivity index (χ0) is 22.8. The SMILES string of the molecule is Cc1nn(-c2ccc(F)cc2)c(Cl)c1C(=O)NC(c1ccc2c(c1)OCCCO2)C(C)C. The van der Waals surface area contributed by atoms with Crippen LogP contribution in [0.4, 0.5) is 4.39 Å². The Labute approximate surface area is 191 Å². The van der Waals surface area contributed by atoms with Gasteiger partial charge in [-0.1, -0.05) is 31.5 Å². The van der Waals surface area contributed by atoms with Crippen LogP contribution < -0.4 is 14.8 Å². The van der Waals surface area contributed by atoms with Gasteiger partial charge in [0.05, 0.1) is 36.2 Å². The molecule has 6 nitrogen and oxygen atoms in total. The summed E-state index contributed by atoms with van der Waals surface area (Å²) in [5.74, 6) is 0.806. The topological polar surface area (TPSA) is 65.4 Å². The van der Waals surface area contributed by atoms with Gasteiger partial charge in [-0.2, -0.15) is 5.10 Å². The molecule has 1 N–H and O–H groups in total. The molecule has 1 atom stereocenters. The summed E-state index contributed by atoms with van der Waals surface area (Å²) in [5.41, 5.74) is 2.26. The number of benzene rings is 2. The lowest BCUT2D eigenvalue weighted by Crippen LogP contribution is -2.32. The Bertz CT molecular complexity index is 1130. The van der Waals surface area contributed by atoms with Crippen LogP contribution in [0, 0.1) is 18.7 Å². The number of ether oxygens (including phenoxy) is 2. The van der Waals surface area contributed by atoms with Gasteiger partial charge in [-0.15, -0.1) is 0 Å². The number of hydrogen-bond acceptors (Lipinski definition) is 4. The van der Waals surface area contributed by atoms with E-state index in [0.717, 1.165) is 12.0 Å². The van der Waals surface area contributed by atoms with E-state index in [0.29, 0.717) is 36.1 Å². The summed E-state index contributed by atoms with van der Waals surface area (Å²) in [6, 6.07) is 11.2. The molecule has 2 heterocycles. The molecule has 0 saturated carbocycles. The molecule has 0 saturated heterocycles. The molecule has 1 aliphatic rings. The predicted octanol–water partition coefficient (Wildman–Crippen LogP) is 5.26. The Kier molecular flexibility index (Phi) is 6.37. The maximum Gasteiger partial charge on any atom is 0.256 e. The second-order valence-corrected chi connectivity index (χ2v) is 8.45. The maximum atomic E-state index is 13.3. The summed E-state index contributed by atoms with van der Waals surface area (Å²) in [6.07, 6.45) is 0.824. The molecule has 1 aromatic heterocycles. The minimum Gasteiger partial charge on any atom is -0.490 e. The molecule has 2 aromatic carbocycles. The van der Waals surface area contributed by atoms with Gasteiger partial charge in [-0.3, -0.25) is 4.79 Å². The Morgan fingerprint density at radius 1 is 1.12 bits per heavy atom. The standard InChI is InChI=1S/C24H25ClFN3O3/c1-14(2)22(16-5-10-19-20(13-16)32-12-4-11-31-19)27-24(30)21-15(3)28-29(23(21)25)18-8-6-17(26)7-9-18/h5-10,13-14,22H,4,11-12H2,1-3H3,(H,27,30). The van der Waals surface area contributed by atoms with E-state index in [1.807, 2.05) is 32.0 Å². The molecule has 0 fully saturated rings. The minimum atomic E-state index is -0.360. The van der Waals surface area contributed by atoms with Gasteiger partial charge in [0.2, 0.25) is 0 Å². The third-order valence-electron chi connectivity index (χ3n) is 5.39. The van der Waals surface area contributed by atoms with Crippen molar-refractivity contribution in [2.24, 2.45) is 5.92 Å². The van der Waals surface area contributed by atoms with Crippen molar-refractivity contribution in [2.45, 2.75) is 33.2 Å². The Morgan fingerprint density at radius 3 is 2.50 bits per heavy atom. The third-order valence-corrected chi connectivity index (χ3v) is 5.74. The van der Waals surface area contributed by atoms with Gasteiger partial charge in [-0.05, 0) is 54.8 Å². The molecule has 3 aromatic rings. The van der Waals surface area contributed by atoms with Gasteiger partial charge in [-0.25, -0.2) is 9.07 Å². The van der Waals surface area contributed by atoms with E-state index >= 15 is 0 Å². The largest absolute Gasteiger partial charge is 0.490 e. The quantitative estimate of drug-likeness (QED) is 0.567. The Hall–Kier alpha value is -3.06. The average molecular weight is 458 g/mol. The summed E-state index contributed by atoms with van der Waals surface area (Å²) in [5, 5.41) is 7.66. The number of aryl methyl sites for hydroxylation is 1. The van der Waals surface area contributed by atoms with Crippen LogP contribution in [0.1, 0.15) is 47.9 Å². The monoisotopic (exact) mass is 457 g/mol. The van der Waals surface area contributed by atoms with Crippen LogP contribution in [0.3, 0.4) is 0 Å². The van der Waals surface area contributed by atoms with Crippen LogP contribution in [-0.4, -0.2) is 28.9 Å². The maximum absolute atomic E-state index is 13.3. The molecule has 1 aliphatic heterocycles. The average Bonchev–Trinajstić information content (AvgIpc) is 2.92. The summed E-state index contributed by atoms with van der Waals surface area (Å²) in [7, 11) is 0. The van der Waals surface area contributed by atoms with Crippen molar-refractivity contribution in [1.29, 1.82) is 0 Å². The van der Waals surface area contributed by atoms with Crippen molar-refractivity contribution in [3.05, 3.63) is 70.3 Å². The van der Waals surface area contributed by atoms with Crippen molar-refractivity contribution in [3.63, 3.8) is 0 Å². The number of hydrogen-bond donors (Lipinski definition) is 1. The Morgan fingerprint density at radius 2 is 1.81 bits per heavy atom. The molecule has 0 bridgehead atoms. The molecular formula is C24H25ClFN3O3. The first kappa shape index (κ1) is 22.1. The normalized spacial score (nSPS) is 14.2. The lowest BCUT2D eigenvalue weighted by molar-refractivity contribution is 0.0925. The molecular weight excluding hydrogens is 433 g/mol. The van der Waals surface area contributed by atoms with Gasteiger partial charge in [0.25, 0.3) is 5.91 Å². The zero-order valence-electron chi connectivity index (χ0n) is 18.2. The van der Waals surface area contributed by atoms with Crippen molar-refractivity contribution < 1.29 is 18.7 Å². The van der Waals surface area contributed by atoms with Crippen LogP contribution in [-0.2, 0) is 0 Å². The lowest BCUT2D eigenvalue weighted by Gasteiger charge is -2.24. The summed E-state index contributed by atoms with van der Waals surface area (Å²) < 4.78 is 26.2. The fourth-order valence-electron chi connectivity index (χ4n) is 3.73. The first-order chi connectivity index (χ1) is 15.3. The highest BCUT2D eigenvalue weighted by Crippen LogP contribution is 2.34. The molecule has 0 radical (unpaired) electrons. The second kappa shape index (κ2) is 9.20. The highest BCUT2D eigenvalue weighted by atomic mass is 35.5. The highest BCUT2D eigenvalue weighted by molar-refractivity contribution is 6.33. The molecule has 4 rings (SSSR count). The smallest absolute Gasteiger partial charge is 0.256 e. The fraction of sp³-hybridized carbons (Fsp3) is 0.333. The van der Waals surface area contributed by atoms with Crippen molar-refractivity contribution in [1.82, 2.24) is 15.1 Å². The van der Waals surface area contributed by atoms with E-state index in [-0.39, 0.29) is 34.4 Å². The van der Waals surface area contributed by atoms with Gasteiger partial charge >= 0.3 is 0 Å². The molecule has 0 aliphatic carbocycles. The van der Waals surface area contributed by atoms with Gasteiger partial charge < -0.3 is 14.8 Å². The van der Waals surface area contributed by atoms with E-state index in [1.54, 1.807) is 19.1 Å². The number of nitrogens with one attached hydrogen (secondary N) is 1. The molecule has 1 amide bonds. The number of amides is 1. The number of rotatable bonds is 5. The van der Waals surface area contributed by atoms with E-state index in [2.05, 4.69) is 10.4 Å².